The van der Waals surface area contributed by atoms with Gasteiger partial charge in [0.25, 0.3) is 0 Å². The van der Waals surface area contributed by atoms with Crippen molar-refractivity contribution in [2.75, 3.05) is 25.0 Å². The first-order valence-electron chi connectivity index (χ1n) is 5.39. The van der Waals surface area contributed by atoms with Gasteiger partial charge in [0.2, 0.25) is 0 Å². The molecule has 0 aliphatic rings. The number of hydrogen-bond donors (Lipinski definition) is 1. The van der Waals surface area contributed by atoms with Crippen LogP contribution >= 0.6 is 0 Å². The zero-order valence-corrected chi connectivity index (χ0v) is 9.68. The Labute approximate surface area is 91.1 Å². The predicted octanol–water partition coefficient (Wildman–Crippen LogP) is 2.39. The normalized spacial score (nSPS) is 10.4. The number of halogens is 1. The van der Waals surface area contributed by atoms with Gasteiger partial charge in [-0.3, -0.25) is 0 Å². The van der Waals surface area contributed by atoms with E-state index in [1.807, 2.05) is 31.9 Å². The number of hydrogen-bond acceptors (Lipinski definition) is 2. The number of nitrogens with zero attached hydrogens (tertiary/aromatic N) is 1. The van der Waals surface area contributed by atoms with Crippen LogP contribution in [-0.2, 0) is 6.54 Å². The summed E-state index contributed by atoms with van der Waals surface area (Å²) in [6.45, 7) is 6.48. The molecule has 0 spiro atoms. The molecule has 0 unspecified atom stereocenters. The molecule has 0 atom stereocenters. The van der Waals surface area contributed by atoms with Crippen molar-refractivity contribution in [3.05, 3.63) is 29.6 Å². The van der Waals surface area contributed by atoms with Crippen molar-refractivity contribution in [1.29, 1.82) is 0 Å². The van der Waals surface area contributed by atoms with Crippen LogP contribution in [0, 0.1) is 5.82 Å². The van der Waals surface area contributed by atoms with Crippen LogP contribution < -0.4 is 10.2 Å². The van der Waals surface area contributed by atoms with E-state index in [9.17, 15) is 4.39 Å². The molecule has 84 valence electrons. The summed E-state index contributed by atoms with van der Waals surface area (Å²) in [5.41, 5.74) is 1.72. The van der Waals surface area contributed by atoms with Gasteiger partial charge in [-0.15, -0.1) is 0 Å². The fourth-order valence-corrected chi connectivity index (χ4v) is 1.55. The van der Waals surface area contributed by atoms with Crippen molar-refractivity contribution >= 4 is 5.69 Å². The van der Waals surface area contributed by atoms with Crippen molar-refractivity contribution in [3.63, 3.8) is 0 Å². The van der Waals surface area contributed by atoms with Gasteiger partial charge in [0.15, 0.2) is 0 Å². The number of para-hydroxylation sites is 1. The first kappa shape index (κ1) is 12.0. The van der Waals surface area contributed by atoms with Crippen molar-refractivity contribution in [2.45, 2.75) is 20.4 Å². The average molecular weight is 210 g/mol. The van der Waals surface area contributed by atoms with Gasteiger partial charge in [0.1, 0.15) is 5.82 Å². The summed E-state index contributed by atoms with van der Waals surface area (Å²) in [5.74, 6) is -0.144. The third kappa shape index (κ3) is 2.93. The lowest BCUT2D eigenvalue weighted by molar-refractivity contribution is 0.617. The van der Waals surface area contributed by atoms with Gasteiger partial charge in [-0.1, -0.05) is 19.1 Å². The summed E-state index contributed by atoms with van der Waals surface area (Å²) in [7, 11) is 1.91. The number of benzene rings is 1. The van der Waals surface area contributed by atoms with Crippen LogP contribution in [0.4, 0.5) is 10.1 Å². The molecule has 0 saturated carbocycles. The van der Waals surface area contributed by atoms with Crippen molar-refractivity contribution in [2.24, 2.45) is 0 Å². The van der Waals surface area contributed by atoms with Crippen LogP contribution in [0.2, 0.25) is 0 Å². The van der Waals surface area contributed by atoms with E-state index in [0.29, 0.717) is 12.2 Å². The Bertz CT molecular complexity index is 312. The molecule has 1 N–H and O–H groups in total. The molecular formula is C12H19FN2. The highest BCUT2D eigenvalue weighted by Gasteiger charge is 2.10. The van der Waals surface area contributed by atoms with Crippen LogP contribution in [0.5, 0.6) is 0 Å². The van der Waals surface area contributed by atoms with Crippen molar-refractivity contribution in [3.8, 4) is 0 Å². The fraction of sp³-hybridized carbons (Fsp3) is 0.500. The van der Waals surface area contributed by atoms with E-state index >= 15 is 0 Å². The summed E-state index contributed by atoms with van der Waals surface area (Å²) in [6, 6.07) is 5.24. The van der Waals surface area contributed by atoms with E-state index in [1.54, 1.807) is 6.07 Å². The highest BCUT2D eigenvalue weighted by atomic mass is 19.1. The third-order valence-corrected chi connectivity index (χ3v) is 2.49. The lowest BCUT2D eigenvalue weighted by atomic mass is 10.1. The SMILES string of the molecule is CCNCc1cccc(F)c1N(C)CC. The van der Waals surface area contributed by atoms with E-state index in [0.717, 1.165) is 18.7 Å². The summed E-state index contributed by atoms with van der Waals surface area (Å²) in [6.07, 6.45) is 0. The molecule has 0 amide bonds. The summed E-state index contributed by atoms with van der Waals surface area (Å²) in [4.78, 5) is 1.93. The molecule has 0 aliphatic carbocycles. The lowest BCUT2D eigenvalue weighted by Crippen LogP contribution is -2.21. The molecule has 0 aliphatic heterocycles. The molecular weight excluding hydrogens is 191 g/mol. The van der Waals surface area contributed by atoms with E-state index in [4.69, 9.17) is 0 Å². The topological polar surface area (TPSA) is 15.3 Å². The summed E-state index contributed by atoms with van der Waals surface area (Å²) >= 11 is 0. The van der Waals surface area contributed by atoms with Gasteiger partial charge < -0.3 is 10.2 Å². The Morgan fingerprint density at radius 2 is 2.07 bits per heavy atom. The molecule has 0 saturated heterocycles. The second-order valence-electron chi connectivity index (χ2n) is 3.54. The summed E-state index contributed by atoms with van der Waals surface area (Å²) in [5, 5.41) is 3.22. The molecule has 0 heterocycles. The molecule has 1 aromatic rings. The van der Waals surface area contributed by atoms with Gasteiger partial charge >= 0.3 is 0 Å². The first-order valence-corrected chi connectivity index (χ1v) is 5.39. The molecule has 15 heavy (non-hydrogen) atoms. The molecule has 0 aromatic heterocycles. The Morgan fingerprint density at radius 3 is 2.67 bits per heavy atom. The quantitative estimate of drug-likeness (QED) is 0.802. The lowest BCUT2D eigenvalue weighted by Gasteiger charge is -2.21. The second-order valence-corrected chi connectivity index (χ2v) is 3.54. The highest BCUT2D eigenvalue weighted by Crippen LogP contribution is 2.23. The Hall–Kier alpha value is -1.09. The van der Waals surface area contributed by atoms with E-state index in [2.05, 4.69) is 5.32 Å². The smallest absolute Gasteiger partial charge is 0.146 e. The number of nitrogens with one attached hydrogen (secondary N) is 1. The molecule has 1 rings (SSSR count). The fourth-order valence-electron chi connectivity index (χ4n) is 1.55. The number of rotatable bonds is 5. The second kappa shape index (κ2) is 5.71. The maximum atomic E-state index is 13.6. The zero-order valence-electron chi connectivity index (χ0n) is 9.68. The predicted molar refractivity (Wildman–Crippen MR) is 62.7 cm³/mol. The van der Waals surface area contributed by atoms with E-state index in [-0.39, 0.29) is 5.82 Å². The Morgan fingerprint density at radius 1 is 1.33 bits per heavy atom. The Kier molecular flexibility index (Phi) is 4.56. The minimum absolute atomic E-state index is 0.144. The van der Waals surface area contributed by atoms with Gasteiger partial charge in [-0.2, -0.15) is 0 Å². The minimum Gasteiger partial charge on any atom is -0.372 e. The van der Waals surface area contributed by atoms with Gasteiger partial charge in [-0.05, 0) is 25.1 Å². The van der Waals surface area contributed by atoms with E-state index in [1.165, 1.54) is 6.07 Å². The average Bonchev–Trinajstić information content (AvgIpc) is 2.25. The van der Waals surface area contributed by atoms with Crippen LogP contribution in [0.3, 0.4) is 0 Å². The van der Waals surface area contributed by atoms with Crippen LogP contribution in [0.15, 0.2) is 18.2 Å². The highest BCUT2D eigenvalue weighted by molar-refractivity contribution is 5.54. The van der Waals surface area contributed by atoms with Crippen molar-refractivity contribution in [1.82, 2.24) is 5.32 Å². The zero-order chi connectivity index (χ0) is 11.3. The van der Waals surface area contributed by atoms with Gasteiger partial charge in [0, 0.05) is 20.1 Å². The van der Waals surface area contributed by atoms with Gasteiger partial charge in [0.05, 0.1) is 5.69 Å². The van der Waals surface area contributed by atoms with Crippen LogP contribution in [0.25, 0.3) is 0 Å². The standard InChI is InChI=1S/C12H19FN2/c1-4-14-9-10-7-6-8-11(13)12(10)15(3)5-2/h6-8,14H,4-5,9H2,1-3H3. The molecule has 0 fully saturated rings. The Balaban J connectivity index is 2.97. The summed E-state index contributed by atoms with van der Waals surface area (Å²) < 4.78 is 13.6. The monoisotopic (exact) mass is 210 g/mol. The maximum absolute atomic E-state index is 13.6. The third-order valence-electron chi connectivity index (χ3n) is 2.49. The molecule has 2 nitrogen and oxygen atoms in total. The maximum Gasteiger partial charge on any atom is 0.146 e. The minimum atomic E-state index is -0.144. The van der Waals surface area contributed by atoms with Crippen LogP contribution in [0.1, 0.15) is 19.4 Å². The van der Waals surface area contributed by atoms with Crippen LogP contribution in [-0.4, -0.2) is 20.1 Å². The van der Waals surface area contributed by atoms with Gasteiger partial charge in [-0.25, -0.2) is 4.39 Å². The van der Waals surface area contributed by atoms with Crippen molar-refractivity contribution < 1.29 is 4.39 Å². The molecule has 0 bridgehead atoms. The number of anilines is 1. The molecule has 0 radical (unpaired) electrons. The molecule has 3 heteroatoms. The largest absolute Gasteiger partial charge is 0.372 e. The molecule has 1 aromatic carbocycles. The first-order chi connectivity index (χ1) is 7.20. The van der Waals surface area contributed by atoms with E-state index < -0.39 is 0 Å².